The zero-order chi connectivity index (χ0) is 19.6. The topological polar surface area (TPSA) is 150 Å². The second-order valence-corrected chi connectivity index (χ2v) is 5.87. The summed E-state index contributed by atoms with van der Waals surface area (Å²) in [5.74, 6) is -2.64. The van der Waals surface area contributed by atoms with E-state index in [1.54, 1.807) is 0 Å². The number of carbonyl (C=O) groups is 2. The van der Waals surface area contributed by atoms with E-state index in [2.05, 4.69) is 0 Å². The van der Waals surface area contributed by atoms with Gasteiger partial charge < -0.3 is 31.5 Å². The van der Waals surface area contributed by atoms with Crippen LogP contribution in [0.15, 0.2) is 0 Å². The molecule has 0 heterocycles. The predicted octanol–water partition coefficient (Wildman–Crippen LogP) is -0.603. The van der Waals surface area contributed by atoms with E-state index in [-0.39, 0.29) is 45.2 Å². The van der Waals surface area contributed by atoms with Crippen LogP contribution in [0.1, 0.15) is 25.7 Å². The first kappa shape index (κ1) is 23.6. The summed E-state index contributed by atoms with van der Waals surface area (Å²) in [4.78, 5) is 24.1. The molecule has 0 fully saturated rings. The lowest BCUT2D eigenvalue weighted by atomic mass is 9.81. The lowest BCUT2D eigenvalue weighted by Gasteiger charge is -2.29. The standard InChI is InChI=1S/C13H25BF3N3O5/c15-13(16,17)7-10(19)12(23)20(5-4-18)8-9(6-11(21)22)2-1-3-14(24)25/h9-10,24-25H,1-8,18-19H2,(H,21,22). The van der Waals surface area contributed by atoms with E-state index in [1.807, 2.05) is 0 Å². The van der Waals surface area contributed by atoms with Crippen LogP contribution in [0.2, 0.25) is 6.32 Å². The van der Waals surface area contributed by atoms with Crippen LogP contribution in [0, 0.1) is 5.92 Å². The Morgan fingerprint density at radius 3 is 2.28 bits per heavy atom. The number of hydrogen-bond donors (Lipinski definition) is 5. The lowest BCUT2D eigenvalue weighted by Crippen LogP contribution is -2.49. The van der Waals surface area contributed by atoms with Crippen molar-refractivity contribution in [3.05, 3.63) is 0 Å². The number of amides is 1. The fraction of sp³-hybridized carbons (Fsp3) is 0.846. The number of aliphatic carboxylic acids is 1. The van der Waals surface area contributed by atoms with Crippen molar-refractivity contribution in [3.8, 4) is 0 Å². The maximum atomic E-state index is 12.4. The lowest BCUT2D eigenvalue weighted by molar-refractivity contribution is -0.152. The Hall–Kier alpha value is -1.37. The van der Waals surface area contributed by atoms with E-state index < -0.39 is 43.6 Å². The molecule has 0 aliphatic carbocycles. The summed E-state index contributed by atoms with van der Waals surface area (Å²) < 4.78 is 37.2. The van der Waals surface area contributed by atoms with Crippen LogP contribution >= 0.6 is 0 Å². The van der Waals surface area contributed by atoms with Crippen LogP contribution in [-0.4, -0.2) is 70.9 Å². The van der Waals surface area contributed by atoms with Crippen LogP contribution < -0.4 is 11.5 Å². The van der Waals surface area contributed by atoms with E-state index in [0.717, 1.165) is 4.90 Å². The zero-order valence-electron chi connectivity index (χ0n) is 13.8. The minimum atomic E-state index is -4.60. The largest absolute Gasteiger partial charge is 0.481 e. The van der Waals surface area contributed by atoms with E-state index in [0.29, 0.717) is 0 Å². The van der Waals surface area contributed by atoms with Crippen molar-refractivity contribution in [2.24, 2.45) is 17.4 Å². The monoisotopic (exact) mass is 371 g/mol. The molecule has 0 spiro atoms. The van der Waals surface area contributed by atoms with Gasteiger partial charge in [-0.15, -0.1) is 0 Å². The van der Waals surface area contributed by atoms with Gasteiger partial charge in [-0.25, -0.2) is 0 Å². The molecule has 0 saturated carbocycles. The summed E-state index contributed by atoms with van der Waals surface area (Å²) in [6.07, 6.45) is -5.82. The number of nitrogens with two attached hydrogens (primary N) is 2. The van der Waals surface area contributed by atoms with Crippen molar-refractivity contribution >= 4 is 19.0 Å². The van der Waals surface area contributed by atoms with Gasteiger partial charge in [0.1, 0.15) is 0 Å². The number of carbonyl (C=O) groups excluding carboxylic acids is 1. The van der Waals surface area contributed by atoms with E-state index >= 15 is 0 Å². The van der Waals surface area contributed by atoms with Crippen molar-refractivity contribution in [3.63, 3.8) is 0 Å². The highest BCUT2D eigenvalue weighted by Gasteiger charge is 2.35. The average Bonchev–Trinajstić information content (AvgIpc) is 2.42. The SMILES string of the molecule is NCCN(CC(CCCB(O)O)CC(=O)O)C(=O)C(N)CC(F)(F)F. The Balaban J connectivity index is 4.92. The molecule has 1 amide bonds. The Morgan fingerprint density at radius 2 is 1.84 bits per heavy atom. The molecule has 0 saturated heterocycles. The quantitative estimate of drug-likeness (QED) is 0.287. The summed E-state index contributed by atoms with van der Waals surface area (Å²) in [5.41, 5.74) is 10.7. The molecule has 146 valence electrons. The third-order valence-electron chi connectivity index (χ3n) is 3.50. The van der Waals surface area contributed by atoms with Gasteiger partial charge in [0.2, 0.25) is 5.91 Å². The van der Waals surface area contributed by atoms with E-state index in [1.165, 1.54) is 0 Å². The average molecular weight is 371 g/mol. The zero-order valence-corrected chi connectivity index (χ0v) is 13.8. The molecule has 25 heavy (non-hydrogen) atoms. The third kappa shape index (κ3) is 11.8. The molecule has 2 atom stereocenters. The first-order valence-corrected chi connectivity index (χ1v) is 7.85. The highest BCUT2D eigenvalue weighted by molar-refractivity contribution is 6.40. The Bertz CT molecular complexity index is 426. The molecular weight excluding hydrogens is 346 g/mol. The molecule has 0 radical (unpaired) electrons. The fourth-order valence-corrected chi connectivity index (χ4v) is 2.42. The minimum Gasteiger partial charge on any atom is -0.481 e. The van der Waals surface area contributed by atoms with Gasteiger partial charge in [0.25, 0.3) is 0 Å². The van der Waals surface area contributed by atoms with Crippen molar-refractivity contribution in [2.75, 3.05) is 19.6 Å². The van der Waals surface area contributed by atoms with Gasteiger partial charge in [-0.05, 0) is 18.7 Å². The smallest absolute Gasteiger partial charge is 0.451 e. The Morgan fingerprint density at radius 1 is 1.24 bits per heavy atom. The van der Waals surface area contributed by atoms with Crippen LogP contribution in [0.4, 0.5) is 13.2 Å². The van der Waals surface area contributed by atoms with Crippen molar-refractivity contribution in [2.45, 2.75) is 44.2 Å². The van der Waals surface area contributed by atoms with Crippen LogP contribution in [0.25, 0.3) is 0 Å². The highest BCUT2D eigenvalue weighted by atomic mass is 19.4. The second kappa shape index (κ2) is 11.3. The second-order valence-electron chi connectivity index (χ2n) is 5.87. The Labute approximate surface area is 144 Å². The van der Waals surface area contributed by atoms with Gasteiger partial charge in [-0.1, -0.05) is 6.42 Å². The summed E-state index contributed by atoms with van der Waals surface area (Å²) >= 11 is 0. The number of alkyl halides is 3. The van der Waals surface area contributed by atoms with Gasteiger partial charge in [-0.3, -0.25) is 9.59 Å². The molecule has 0 rings (SSSR count). The normalized spacial score (nSPS) is 14.0. The molecular formula is C13H25BF3N3O5. The highest BCUT2D eigenvalue weighted by Crippen LogP contribution is 2.22. The number of halogens is 3. The number of carboxylic acid groups (broad SMARTS) is 1. The van der Waals surface area contributed by atoms with Crippen molar-refractivity contribution in [1.29, 1.82) is 0 Å². The van der Waals surface area contributed by atoms with E-state index in [4.69, 9.17) is 26.6 Å². The van der Waals surface area contributed by atoms with Crippen LogP contribution in [0.3, 0.4) is 0 Å². The van der Waals surface area contributed by atoms with Crippen molar-refractivity contribution in [1.82, 2.24) is 4.90 Å². The van der Waals surface area contributed by atoms with Gasteiger partial charge in [0.05, 0.1) is 12.5 Å². The fourth-order valence-electron chi connectivity index (χ4n) is 2.42. The minimum absolute atomic E-state index is 0.0143. The molecule has 0 bridgehead atoms. The third-order valence-corrected chi connectivity index (χ3v) is 3.50. The van der Waals surface area contributed by atoms with Gasteiger partial charge in [-0.2, -0.15) is 13.2 Å². The maximum Gasteiger partial charge on any atom is 0.451 e. The molecule has 12 heteroatoms. The van der Waals surface area contributed by atoms with Gasteiger partial charge >= 0.3 is 19.3 Å². The molecule has 0 aliphatic rings. The molecule has 0 aliphatic heterocycles. The first-order valence-electron chi connectivity index (χ1n) is 7.85. The summed E-state index contributed by atoms with van der Waals surface area (Å²) in [5, 5.41) is 26.6. The summed E-state index contributed by atoms with van der Waals surface area (Å²) in [7, 11) is -1.53. The molecule has 0 aromatic heterocycles. The summed E-state index contributed by atoms with van der Waals surface area (Å²) in [6.45, 7) is -0.182. The van der Waals surface area contributed by atoms with Crippen LogP contribution in [-0.2, 0) is 9.59 Å². The van der Waals surface area contributed by atoms with Gasteiger partial charge in [0, 0.05) is 26.1 Å². The van der Waals surface area contributed by atoms with Crippen LogP contribution in [0.5, 0.6) is 0 Å². The molecule has 0 aromatic rings. The Kier molecular flexibility index (Phi) is 10.7. The number of rotatable bonds is 12. The molecule has 2 unspecified atom stereocenters. The number of hydrogen-bond acceptors (Lipinski definition) is 6. The maximum absolute atomic E-state index is 12.4. The molecule has 0 aromatic carbocycles. The number of carboxylic acids is 1. The molecule has 8 nitrogen and oxygen atoms in total. The molecule has 7 N–H and O–H groups in total. The summed E-state index contributed by atoms with van der Waals surface area (Å²) in [6, 6.07) is -1.78. The van der Waals surface area contributed by atoms with E-state index in [9.17, 15) is 22.8 Å². The van der Waals surface area contributed by atoms with Gasteiger partial charge in [0.15, 0.2) is 0 Å². The predicted molar refractivity (Wildman–Crippen MR) is 84.3 cm³/mol. The first-order chi connectivity index (χ1) is 11.5. The van der Waals surface area contributed by atoms with Crippen molar-refractivity contribution < 1.29 is 37.9 Å². The number of nitrogens with zero attached hydrogens (tertiary/aromatic N) is 1.